The van der Waals surface area contributed by atoms with Gasteiger partial charge in [-0.25, -0.2) is 0 Å². The summed E-state index contributed by atoms with van der Waals surface area (Å²) in [5.41, 5.74) is 3.86. The smallest absolute Gasteiger partial charge is 0.230 e. The lowest BCUT2D eigenvalue weighted by molar-refractivity contribution is 0.369. The summed E-state index contributed by atoms with van der Waals surface area (Å²) in [7, 11) is 0. The van der Waals surface area contributed by atoms with Crippen LogP contribution >= 0.6 is 0 Å². The molecule has 0 spiro atoms. The fourth-order valence-corrected chi connectivity index (χ4v) is 4.78. The van der Waals surface area contributed by atoms with Gasteiger partial charge in [-0.1, -0.05) is 23.4 Å². The van der Waals surface area contributed by atoms with Crippen molar-refractivity contribution in [3.05, 3.63) is 35.9 Å². The Labute approximate surface area is 133 Å². The Morgan fingerprint density at radius 2 is 2.04 bits per heavy atom. The van der Waals surface area contributed by atoms with Crippen LogP contribution in [0.4, 0.5) is 0 Å². The van der Waals surface area contributed by atoms with Gasteiger partial charge >= 0.3 is 0 Å². The summed E-state index contributed by atoms with van der Waals surface area (Å²) >= 11 is 0. The Bertz CT molecular complexity index is 914. The van der Waals surface area contributed by atoms with Gasteiger partial charge in [0.25, 0.3) is 0 Å². The normalized spacial score (nSPS) is 28.3. The Morgan fingerprint density at radius 3 is 2.96 bits per heavy atom. The van der Waals surface area contributed by atoms with Gasteiger partial charge in [-0.05, 0) is 43.8 Å². The molecule has 4 heterocycles. The van der Waals surface area contributed by atoms with Crippen molar-refractivity contribution < 1.29 is 4.52 Å². The summed E-state index contributed by atoms with van der Waals surface area (Å²) < 4.78 is 8.09. The van der Waals surface area contributed by atoms with Crippen LogP contribution in [0.15, 0.2) is 28.8 Å². The third-order valence-electron chi connectivity index (χ3n) is 5.92. The largest absolute Gasteiger partial charge is 0.344 e. The number of aromatic nitrogens is 3. The van der Waals surface area contributed by atoms with Gasteiger partial charge in [0.2, 0.25) is 11.7 Å². The standard InChI is InChI=1S/C18H18N4O/c1-2-5-13-10(4-1)16(14-6-3-7-22(13)14)17-20-18(23-21-17)15-11-8-19-9-12(11)15/h1-2,4-5,11-12,15,19H,3,6-9H2/t11-,12+,15?. The van der Waals surface area contributed by atoms with Gasteiger partial charge in [0.1, 0.15) is 0 Å². The van der Waals surface area contributed by atoms with Crippen molar-refractivity contribution in [3.8, 4) is 11.4 Å². The van der Waals surface area contributed by atoms with Gasteiger partial charge in [0, 0.05) is 29.1 Å². The zero-order valence-corrected chi connectivity index (χ0v) is 12.8. The molecule has 5 nitrogen and oxygen atoms in total. The summed E-state index contributed by atoms with van der Waals surface area (Å²) in [6.45, 7) is 3.29. The third kappa shape index (κ3) is 1.55. The van der Waals surface area contributed by atoms with Crippen LogP contribution in [-0.2, 0) is 13.0 Å². The second kappa shape index (κ2) is 4.23. The summed E-state index contributed by atoms with van der Waals surface area (Å²) in [5.74, 6) is 3.53. The first-order chi connectivity index (χ1) is 11.4. The van der Waals surface area contributed by atoms with Crippen molar-refractivity contribution >= 4 is 10.9 Å². The molecule has 3 atom stereocenters. The fraction of sp³-hybridized carbons (Fsp3) is 0.444. The number of rotatable bonds is 2. The Kier molecular flexibility index (Phi) is 2.26. The minimum Gasteiger partial charge on any atom is -0.344 e. The molecule has 1 aromatic carbocycles. The number of benzene rings is 1. The molecular weight excluding hydrogens is 288 g/mol. The minimum absolute atomic E-state index is 0.486. The number of fused-ring (bicyclic) bond motifs is 4. The zero-order valence-electron chi connectivity index (χ0n) is 12.8. The van der Waals surface area contributed by atoms with Crippen LogP contribution in [0.5, 0.6) is 0 Å². The van der Waals surface area contributed by atoms with E-state index >= 15 is 0 Å². The molecule has 1 unspecified atom stereocenters. The Balaban J connectivity index is 1.49. The topological polar surface area (TPSA) is 55.9 Å². The number of hydrogen-bond donors (Lipinski definition) is 1. The quantitative estimate of drug-likeness (QED) is 0.790. The summed E-state index contributed by atoms with van der Waals surface area (Å²) in [4.78, 5) is 4.81. The van der Waals surface area contributed by atoms with Crippen LogP contribution in [0, 0.1) is 11.8 Å². The molecule has 2 aliphatic heterocycles. The molecule has 5 heteroatoms. The van der Waals surface area contributed by atoms with Gasteiger partial charge in [-0.15, -0.1) is 0 Å². The van der Waals surface area contributed by atoms with Gasteiger partial charge < -0.3 is 14.4 Å². The highest BCUT2D eigenvalue weighted by Gasteiger charge is 2.56. The van der Waals surface area contributed by atoms with E-state index in [-0.39, 0.29) is 0 Å². The van der Waals surface area contributed by atoms with E-state index in [0.29, 0.717) is 17.8 Å². The summed E-state index contributed by atoms with van der Waals surface area (Å²) in [6, 6.07) is 8.59. The van der Waals surface area contributed by atoms with Crippen molar-refractivity contribution in [2.45, 2.75) is 25.3 Å². The molecule has 0 amide bonds. The number of hydrogen-bond acceptors (Lipinski definition) is 4. The van der Waals surface area contributed by atoms with E-state index in [4.69, 9.17) is 9.51 Å². The minimum atomic E-state index is 0.486. The highest BCUT2D eigenvalue weighted by Crippen LogP contribution is 2.55. The number of piperidine rings is 1. The maximum Gasteiger partial charge on any atom is 0.230 e. The van der Waals surface area contributed by atoms with Crippen molar-refractivity contribution in [1.82, 2.24) is 20.0 Å². The summed E-state index contributed by atoms with van der Waals surface area (Å²) in [5, 5.41) is 9.03. The molecule has 116 valence electrons. The zero-order chi connectivity index (χ0) is 15.0. The van der Waals surface area contributed by atoms with Gasteiger partial charge in [-0.2, -0.15) is 4.98 Å². The van der Waals surface area contributed by atoms with Crippen LogP contribution in [0.25, 0.3) is 22.3 Å². The first-order valence-corrected chi connectivity index (χ1v) is 8.56. The molecule has 1 N–H and O–H groups in total. The van der Waals surface area contributed by atoms with Gasteiger partial charge in [-0.3, -0.25) is 0 Å². The molecule has 3 aromatic rings. The molecule has 2 fully saturated rings. The van der Waals surface area contributed by atoms with Crippen LogP contribution in [0.1, 0.15) is 23.9 Å². The molecule has 1 saturated heterocycles. The van der Waals surface area contributed by atoms with Gasteiger partial charge in [0.15, 0.2) is 0 Å². The molecular formula is C18H18N4O. The number of para-hydroxylation sites is 1. The van der Waals surface area contributed by atoms with Crippen molar-refractivity contribution in [3.63, 3.8) is 0 Å². The highest BCUT2D eigenvalue weighted by atomic mass is 16.5. The van der Waals surface area contributed by atoms with E-state index in [1.807, 2.05) is 0 Å². The predicted molar refractivity (Wildman–Crippen MR) is 86.1 cm³/mol. The lowest BCUT2D eigenvalue weighted by Crippen LogP contribution is -2.14. The van der Waals surface area contributed by atoms with E-state index in [2.05, 4.69) is 39.3 Å². The van der Waals surface area contributed by atoms with Crippen LogP contribution in [0.3, 0.4) is 0 Å². The lowest BCUT2D eigenvalue weighted by Gasteiger charge is -1.98. The third-order valence-corrected chi connectivity index (χ3v) is 5.92. The molecule has 2 aromatic heterocycles. The molecule has 3 aliphatic rings. The molecule has 23 heavy (non-hydrogen) atoms. The average molecular weight is 306 g/mol. The van der Waals surface area contributed by atoms with Crippen molar-refractivity contribution in [2.75, 3.05) is 13.1 Å². The molecule has 1 aliphatic carbocycles. The van der Waals surface area contributed by atoms with Crippen LogP contribution < -0.4 is 5.32 Å². The molecule has 0 radical (unpaired) electrons. The number of nitrogens with zero attached hydrogens (tertiary/aromatic N) is 3. The van der Waals surface area contributed by atoms with Crippen LogP contribution in [-0.4, -0.2) is 27.8 Å². The van der Waals surface area contributed by atoms with Gasteiger partial charge in [0.05, 0.1) is 5.56 Å². The van der Waals surface area contributed by atoms with Crippen molar-refractivity contribution in [2.24, 2.45) is 11.8 Å². The summed E-state index contributed by atoms with van der Waals surface area (Å²) in [6.07, 6.45) is 2.31. The fourth-order valence-electron chi connectivity index (χ4n) is 4.78. The molecule has 0 bridgehead atoms. The van der Waals surface area contributed by atoms with E-state index in [1.165, 1.54) is 28.6 Å². The molecule has 6 rings (SSSR count). The monoisotopic (exact) mass is 306 g/mol. The first kappa shape index (κ1) is 12.3. The Hall–Kier alpha value is -2.14. The van der Waals surface area contributed by atoms with E-state index in [1.54, 1.807) is 0 Å². The lowest BCUT2D eigenvalue weighted by atomic mass is 10.1. The van der Waals surface area contributed by atoms with Crippen molar-refractivity contribution in [1.29, 1.82) is 0 Å². The number of aryl methyl sites for hydroxylation is 1. The highest BCUT2D eigenvalue weighted by molar-refractivity contribution is 5.96. The number of nitrogens with one attached hydrogen (secondary N) is 1. The van der Waals surface area contributed by atoms with Crippen LogP contribution in [0.2, 0.25) is 0 Å². The predicted octanol–water partition coefficient (Wildman–Crippen LogP) is 2.57. The first-order valence-electron chi connectivity index (χ1n) is 8.56. The SMILES string of the molecule is c1ccc2c(c1)c(-c1noc(C3[C@H]4CNC[C@@H]34)n1)c1n2CCC1. The average Bonchev–Trinajstić information content (AvgIpc) is 3.13. The second-order valence-corrected chi connectivity index (χ2v) is 7.06. The van der Waals surface area contributed by atoms with E-state index < -0.39 is 0 Å². The maximum absolute atomic E-state index is 5.66. The molecule has 1 saturated carbocycles. The Morgan fingerprint density at radius 1 is 1.17 bits per heavy atom. The van der Waals surface area contributed by atoms with E-state index in [0.717, 1.165) is 37.8 Å². The maximum atomic E-state index is 5.66. The second-order valence-electron chi connectivity index (χ2n) is 7.06. The van der Waals surface area contributed by atoms with E-state index in [9.17, 15) is 0 Å².